The van der Waals surface area contributed by atoms with Gasteiger partial charge in [-0.05, 0) is 31.0 Å². The Morgan fingerprint density at radius 2 is 2.17 bits per heavy atom. The fourth-order valence-electron chi connectivity index (χ4n) is 1.45. The fraction of sp³-hybridized carbons (Fsp3) is 0.385. The largest absolute Gasteiger partial charge is 0.395 e. The summed E-state index contributed by atoms with van der Waals surface area (Å²) < 4.78 is 26.6. The van der Waals surface area contributed by atoms with Crippen molar-refractivity contribution in [2.75, 3.05) is 6.61 Å². The van der Waals surface area contributed by atoms with Crippen LogP contribution in [0.2, 0.25) is 0 Å². The molecule has 2 N–H and O–H groups in total. The van der Waals surface area contributed by atoms with Gasteiger partial charge in [0.25, 0.3) is 0 Å². The highest BCUT2D eigenvalue weighted by Crippen LogP contribution is 2.22. The smallest absolute Gasteiger partial charge is 0.240 e. The van der Waals surface area contributed by atoms with Crippen molar-refractivity contribution >= 4 is 10.0 Å². The molecule has 18 heavy (non-hydrogen) atoms. The molecule has 1 aromatic carbocycles. The molecule has 1 aliphatic carbocycles. The number of aliphatic hydroxyl groups is 1. The van der Waals surface area contributed by atoms with Crippen molar-refractivity contribution < 1.29 is 13.5 Å². The van der Waals surface area contributed by atoms with Crippen LogP contribution in [0.25, 0.3) is 0 Å². The molecule has 0 saturated heterocycles. The lowest BCUT2D eigenvalue weighted by Gasteiger charge is -2.05. The predicted octanol–water partition coefficient (Wildman–Crippen LogP) is 0.861. The van der Waals surface area contributed by atoms with E-state index in [-0.39, 0.29) is 17.5 Å². The van der Waals surface area contributed by atoms with E-state index in [2.05, 4.69) is 16.6 Å². The lowest BCUT2D eigenvalue weighted by molar-refractivity contribution is 0.305. The van der Waals surface area contributed by atoms with Crippen molar-refractivity contribution in [1.82, 2.24) is 4.72 Å². The molecular weight excluding hydrogens is 250 g/mol. The number of hydrogen-bond donors (Lipinski definition) is 2. The van der Waals surface area contributed by atoms with E-state index in [1.165, 1.54) is 0 Å². The van der Waals surface area contributed by atoms with Crippen LogP contribution in [0.1, 0.15) is 24.8 Å². The topological polar surface area (TPSA) is 66.4 Å². The van der Waals surface area contributed by atoms with E-state index >= 15 is 0 Å². The summed E-state index contributed by atoms with van der Waals surface area (Å²) in [7, 11) is -3.42. The number of sulfonamides is 1. The van der Waals surface area contributed by atoms with Crippen LogP contribution in [0.3, 0.4) is 0 Å². The Labute approximate surface area is 107 Å². The molecule has 1 fully saturated rings. The van der Waals surface area contributed by atoms with Gasteiger partial charge in [-0.1, -0.05) is 17.9 Å². The van der Waals surface area contributed by atoms with Gasteiger partial charge in [0.2, 0.25) is 10.0 Å². The summed E-state index contributed by atoms with van der Waals surface area (Å²) in [6.45, 7) is 0.00816. The average Bonchev–Trinajstić information content (AvgIpc) is 3.13. The molecule has 0 unspecified atom stereocenters. The van der Waals surface area contributed by atoms with Gasteiger partial charge >= 0.3 is 0 Å². The molecule has 0 amide bonds. The van der Waals surface area contributed by atoms with Crippen LogP contribution >= 0.6 is 0 Å². The van der Waals surface area contributed by atoms with Crippen LogP contribution in [-0.4, -0.2) is 26.2 Å². The van der Waals surface area contributed by atoms with E-state index in [1.54, 1.807) is 24.3 Å². The zero-order valence-electron chi connectivity index (χ0n) is 9.89. The third-order valence-corrected chi connectivity index (χ3v) is 4.03. The van der Waals surface area contributed by atoms with Crippen molar-refractivity contribution in [1.29, 1.82) is 0 Å². The van der Waals surface area contributed by atoms with Gasteiger partial charge in [0.1, 0.15) is 0 Å². The van der Waals surface area contributed by atoms with E-state index in [0.717, 1.165) is 12.8 Å². The van der Waals surface area contributed by atoms with Crippen molar-refractivity contribution in [2.24, 2.45) is 0 Å². The van der Waals surface area contributed by atoms with Crippen LogP contribution < -0.4 is 4.72 Å². The third-order valence-electron chi connectivity index (χ3n) is 2.51. The Morgan fingerprint density at radius 3 is 2.83 bits per heavy atom. The lowest BCUT2D eigenvalue weighted by Crippen LogP contribution is -2.25. The highest BCUT2D eigenvalue weighted by Gasteiger charge is 2.27. The highest BCUT2D eigenvalue weighted by molar-refractivity contribution is 7.89. The number of hydrogen-bond acceptors (Lipinski definition) is 3. The molecule has 4 nitrogen and oxygen atoms in total. The summed E-state index contributed by atoms with van der Waals surface area (Å²) in [4.78, 5) is 0.241. The monoisotopic (exact) mass is 265 g/mol. The molecule has 1 aliphatic rings. The van der Waals surface area contributed by atoms with Crippen molar-refractivity contribution in [3.05, 3.63) is 29.8 Å². The molecular formula is C13H15NO3S. The summed E-state index contributed by atoms with van der Waals surface area (Å²) >= 11 is 0. The maximum atomic E-state index is 12.0. The molecule has 1 aromatic rings. The Balaban J connectivity index is 2.18. The Morgan fingerprint density at radius 1 is 1.39 bits per heavy atom. The molecule has 0 spiro atoms. The molecule has 0 heterocycles. The third kappa shape index (κ3) is 3.57. The van der Waals surface area contributed by atoms with Gasteiger partial charge < -0.3 is 5.11 Å². The molecule has 0 bridgehead atoms. The first kappa shape index (κ1) is 13.1. The molecule has 0 radical (unpaired) electrons. The lowest BCUT2D eigenvalue weighted by atomic mass is 10.2. The molecule has 0 aliphatic heterocycles. The Bertz CT molecular complexity index is 580. The van der Waals surface area contributed by atoms with Gasteiger partial charge in [-0.25, -0.2) is 13.1 Å². The first-order valence-electron chi connectivity index (χ1n) is 5.84. The van der Waals surface area contributed by atoms with Crippen LogP contribution in [0.4, 0.5) is 0 Å². The minimum Gasteiger partial charge on any atom is -0.395 e. The van der Waals surface area contributed by atoms with E-state index in [0.29, 0.717) is 12.0 Å². The quantitative estimate of drug-likeness (QED) is 0.794. The first-order valence-corrected chi connectivity index (χ1v) is 7.32. The summed E-state index contributed by atoms with van der Waals surface area (Å²) in [5.74, 6) is 5.59. The van der Waals surface area contributed by atoms with Crippen LogP contribution in [-0.2, 0) is 10.0 Å². The van der Waals surface area contributed by atoms with Gasteiger partial charge in [0.15, 0.2) is 0 Å². The van der Waals surface area contributed by atoms with Crippen LogP contribution in [0.15, 0.2) is 29.2 Å². The zero-order valence-corrected chi connectivity index (χ0v) is 10.7. The number of benzene rings is 1. The second-order valence-corrected chi connectivity index (χ2v) is 5.91. The van der Waals surface area contributed by atoms with Gasteiger partial charge in [-0.15, -0.1) is 0 Å². The summed E-state index contributed by atoms with van der Waals surface area (Å²) in [6, 6.07) is 6.63. The second-order valence-electron chi connectivity index (χ2n) is 4.20. The van der Waals surface area contributed by atoms with Crippen LogP contribution in [0.5, 0.6) is 0 Å². The molecule has 0 aromatic heterocycles. The van der Waals surface area contributed by atoms with Crippen molar-refractivity contribution in [3.63, 3.8) is 0 Å². The van der Waals surface area contributed by atoms with Crippen LogP contribution in [0, 0.1) is 11.8 Å². The molecule has 96 valence electrons. The van der Waals surface area contributed by atoms with Gasteiger partial charge in [-0.3, -0.25) is 0 Å². The number of rotatable bonds is 4. The molecule has 5 heteroatoms. The van der Waals surface area contributed by atoms with Gasteiger partial charge in [-0.2, -0.15) is 0 Å². The summed E-state index contributed by atoms with van der Waals surface area (Å²) in [5, 5.41) is 8.63. The van der Waals surface area contributed by atoms with Gasteiger partial charge in [0, 0.05) is 18.0 Å². The SMILES string of the molecule is O=S(=O)(NC1CC1)c1cccc(C#CCCO)c1. The van der Waals surface area contributed by atoms with Crippen molar-refractivity contribution in [3.8, 4) is 11.8 Å². The summed E-state index contributed by atoms with van der Waals surface area (Å²) in [5.41, 5.74) is 0.641. The van der Waals surface area contributed by atoms with E-state index in [4.69, 9.17) is 5.11 Å². The fourth-order valence-corrected chi connectivity index (χ4v) is 2.80. The van der Waals surface area contributed by atoms with E-state index < -0.39 is 10.0 Å². The van der Waals surface area contributed by atoms with Crippen molar-refractivity contribution in [2.45, 2.75) is 30.2 Å². The van der Waals surface area contributed by atoms with E-state index in [1.807, 2.05) is 0 Å². The predicted molar refractivity (Wildman–Crippen MR) is 68.4 cm³/mol. The average molecular weight is 265 g/mol. The molecule has 1 saturated carbocycles. The van der Waals surface area contributed by atoms with E-state index in [9.17, 15) is 8.42 Å². The minimum absolute atomic E-state index is 0.00816. The summed E-state index contributed by atoms with van der Waals surface area (Å²) in [6.07, 6.45) is 2.21. The zero-order chi connectivity index (χ0) is 13.0. The number of aliphatic hydroxyl groups excluding tert-OH is 1. The Hall–Kier alpha value is -1.35. The second kappa shape index (κ2) is 5.53. The highest BCUT2D eigenvalue weighted by atomic mass is 32.2. The maximum absolute atomic E-state index is 12.0. The maximum Gasteiger partial charge on any atom is 0.240 e. The number of nitrogens with one attached hydrogen (secondary N) is 1. The van der Waals surface area contributed by atoms with Gasteiger partial charge in [0.05, 0.1) is 11.5 Å². The Kier molecular flexibility index (Phi) is 4.02. The first-order chi connectivity index (χ1) is 8.62. The normalized spacial score (nSPS) is 14.9. The minimum atomic E-state index is -3.42. The molecule has 2 rings (SSSR count). The molecule has 0 atom stereocenters. The standard InChI is InChI=1S/C13H15NO3S/c15-9-2-1-4-11-5-3-6-13(10-11)18(16,17)14-12-7-8-12/h3,5-6,10,12,14-15H,2,7-9H2.